The molecule has 3 rings (SSSR count). The van der Waals surface area contributed by atoms with Gasteiger partial charge in [-0.2, -0.15) is 13.2 Å². The molecule has 1 heterocycles. The first-order valence-electron chi connectivity index (χ1n) is 10.3. The molecule has 1 saturated carbocycles. The number of alkyl halides is 3. The van der Waals surface area contributed by atoms with Gasteiger partial charge in [0, 0.05) is 24.2 Å². The number of nitrogens with one attached hydrogen (secondary N) is 2. The Bertz CT molecular complexity index is 979. The maximum atomic E-state index is 12.6. The van der Waals surface area contributed by atoms with E-state index in [2.05, 4.69) is 15.6 Å². The molecule has 0 atom stereocenters. The highest BCUT2D eigenvalue weighted by atomic mass is 35.5. The molecule has 2 amide bonds. The van der Waals surface area contributed by atoms with E-state index >= 15 is 0 Å². The first-order chi connectivity index (χ1) is 15.6. The van der Waals surface area contributed by atoms with Crippen LogP contribution in [0.1, 0.15) is 36.9 Å². The summed E-state index contributed by atoms with van der Waals surface area (Å²) in [5, 5.41) is 6.34. The summed E-state index contributed by atoms with van der Waals surface area (Å²) >= 11 is 11.8. The molecule has 1 aromatic carbocycles. The van der Waals surface area contributed by atoms with Crippen molar-refractivity contribution in [2.45, 2.75) is 44.4 Å². The molecule has 2 N–H and O–H groups in total. The molecule has 1 aliphatic carbocycles. The third-order valence-electron chi connectivity index (χ3n) is 5.32. The number of benzene rings is 1. The van der Waals surface area contributed by atoms with E-state index in [9.17, 15) is 22.8 Å². The Balaban J connectivity index is 1.36. The zero-order valence-electron chi connectivity index (χ0n) is 17.4. The fourth-order valence-electron chi connectivity index (χ4n) is 3.50. The van der Waals surface area contributed by atoms with Gasteiger partial charge in [0.25, 0.3) is 5.91 Å². The normalized spacial score (nSPS) is 18.5. The minimum Gasteiger partial charge on any atom is -0.484 e. The summed E-state index contributed by atoms with van der Waals surface area (Å²) in [6.07, 6.45) is -1.25. The van der Waals surface area contributed by atoms with Crippen LogP contribution >= 0.6 is 23.2 Å². The minimum atomic E-state index is -4.45. The minimum absolute atomic E-state index is 0.0552. The predicted molar refractivity (Wildman–Crippen MR) is 117 cm³/mol. The third-order valence-corrected chi connectivity index (χ3v) is 6.06. The van der Waals surface area contributed by atoms with Crippen molar-refractivity contribution in [2.24, 2.45) is 5.92 Å². The van der Waals surface area contributed by atoms with Crippen LogP contribution in [-0.4, -0.2) is 29.4 Å². The Morgan fingerprint density at radius 2 is 1.79 bits per heavy atom. The number of hydrogen-bond acceptors (Lipinski definition) is 4. The number of pyridine rings is 1. The number of hydrogen-bond donors (Lipinski definition) is 2. The molecular formula is C22H22Cl2F3N3O3. The summed E-state index contributed by atoms with van der Waals surface area (Å²) in [5.74, 6) is -0.241. The van der Waals surface area contributed by atoms with Crippen molar-refractivity contribution in [3.05, 3.63) is 57.8 Å². The van der Waals surface area contributed by atoms with E-state index in [1.807, 2.05) is 0 Å². The number of carbonyl (C=O) groups excluding carboxylic acids is 2. The number of amides is 2. The maximum Gasteiger partial charge on any atom is 0.417 e. The molecule has 0 bridgehead atoms. The summed E-state index contributed by atoms with van der Waals surface area (Å²) < 4.78 is 43.2. The van der Waals surface area contributed by atoms with Crippen molar-refractivity contribution in [1.82, 2.24) is 15.6 Å². The molecule has 0 radical (unpaired) electrons. The summed E-state index contributed by atoms with van der Waals surface area (Å²) in [6, 6.07) is 6.85. The number of nitrogens with zero attached hydrogens (tertiary/aromatic N) is 1. The van der Waals surface area contributed by atoms with Gasteiger partial charge in [-0.1, -0.05) is 23.2 Å². The number of rotatable bonds is 7. The van der Waals surface area contributed by atoms with E-state index in [1.165, 1.54) is 12.1 Å². The largest absolute Gasteiger partial charge is 0.484 e. The van der Waals surface area contributed by atoms with Gasteiger partial charge >= 0.3 is 6.18 Å². The van der Waals surface area contributed by atoms with Crippen molar-refractivity contribution in [3.8, 4) is 5.75 Å². The fraction of sp³-hybridized carbons (Fsp3) is 0.409. The van der Waals surface area contributed by atoms with Crippen LogP contribution in [0, 0.1) is 5.92 Å². The Morgan fingerprint density at radius 1 is 1.06 bits per heavy atom. The van der Waals surface area contributed by atoms with Gasteiger partial charge in [0.15, 0.2) is 6.61 Å². The van der Waals surface area contributed by atoms with Gasteiger partial charge in [-0.25, -0.2) is 0 Å². The smallest absolute Gasteiger partial charge is 0.417 e. The predicted octanol–water partition coefficient (Wildman–Crippen LogP) is 4.78. The van der Waals surface area contributed by atoms with Crippen LogP contribution < -0.4 is 15.4 Å². The van der Waals surface area contributed by atoms with Crippen LogP contribution in [0.2, 0.25) is 10.0 Å². The van der Waals surface area contributed by atoms with Crippen LogP contribution in [0.3, 0.4) is 0 Å². The molecule has 0 spiro atoms. The molecule has 0 saturated heterocycles. The van der Waals surface area contributed by atoms with Gasteiger partial charge in [-0.3, -0.25) is 14.6 Å². The standard InChI is InChI=1S/C22H22Cl2F3N3O3/c23-18-8-7-17(9-19(18)24)33-12-20(31)30-15-4-1-13(2-5-15)21(32)29-11-16-6-3-14(10-28-16)22(25,26)27/h3,6-10,13,15H,1-2,4-5,11-12H2,(H,29,32)(H,30,31)/t13-,15-. The van der Waals surface area contributed by atoms with Gasteiger partial charge < -0.3 is 15.4 Å². The van der Waals surface area contributed by atoms with E-state index in [0.29, 0.717) is 47.2 Å². The number of ether oxygens (including phenoxy) is 1. The lowest BCUT2D eigenvalue weighted by Crippen LogP contribution is -2.42. The fourth-order valence-corrected chi connectivity index (χ4v) is 3.79. The summed E-state index contributed by atoms with van der Waals surface area (Å²) in [5.41, 5.74) is -0.486. The van der Waals surface area contributed by atoms with Crippen molar-refractivity contribution in [3.63, 3.8) is 0 Å². The van der Waals surface area contributed by atoms with Crippen molar-refractivity contribution in [1.29, 1.82) is 0 Å². The van der Waals surface area contributed by atoms with E-state index in [1.54, 1.807) is 12.1 Å². The number of halogens is 5. The monoisotopic (exact) mass is 503 g/mol. The van der Waals surface area contributed by atoms with Crippen molar-refractivity contribution in [2.75, 3.05) is 6.61 Å². The molecule has 2 aromatic rings. The van der Waals surface area contributed by atoms with Crippen LogP contribution in [0.25, 0.3) is 0 Å². The zero-order chi connectivity index (χ0) is 24.0. The summed E-state index contributed by atoms with van der Waals surface area (Å²) in [7, 11) is 0. The van der Waals surface area contributed by atoms with E-state index in [4.69, 9.17) is 27.9 Å². The Kier molecular flexibility index (Phi) is 8.42. The van der Waals surface area contributed by atoms with Gasteiger partial charge in [0.1, 0.15) is 5.75 Å². The Morgan fingerprint density at radius 3 is 2.39 bits per heavy atom. The molecule has 1 fully saturated rings. The molecular weight excluding hydrogens is 482 g/mol. The lowest BCUT2D eigenvalue weighted by molar-refractivity contribution is -0.138. The molecule has 11 heteroatoms. The first kappa shape index (κ1) is 25.1. The van der Waals surface area contributed by atoms with Crippen molar-refractivity contribution < 1.29 is 27.5 Å². The molecule has 6 nitrogen and oxygen atoms in total. The second kappa shape index (κ2) is 11.1. The second-order valence-corrected chi connectivity index (χ2v) is 8.55. The van der Waals surface area contributed by atoms with E-state index in [-0.39, 0.29) is 36.9 Å². The highest BCUT2D eigenvalue weighted by Gasteiger charge is 2.31. The van der Waals surface area contributed by atoms with Gasteiger partial charge in [0.2, 0.25) is 5.91 Å². The van der Waals surface area contributed by atoms with Gasteiger partial charge in [0.05, 0.1) is 27.8 Å². The first-order valence-corrected chi connectivity index (χ1v) is 11.0. The SMILES string of the molecule is O=C(COc1ccc(Cl)c(Cl)c1)N[C@H]1CC[C@H](C(=O)NCc2ccc(C(F)(F)F)cn2)CC1. The van der Waals surface area contributed by atoms with Crippen molar-refractivity contribution >= 4 is 35.0 Å². The number of aromatic nitrogens is 1. The second-order valence-electron chi connectivity index (χ2n) is 7.73. The topological polar surface area (TPSA) is 80.3 Å². The van der Waals surface area contributed by atoms with Gasteiger partial charge in [-0.05, 0) is 49.9 Å². The van der Waals surface area contributed by atoms with Crippen LogP contribution in [0.5, 0.6) is 5.75 Å². The Labute approximate surface area is 198 Å². The van der Waals surface area contributed by atoms with Crippen LogP contribution in [0.15, 0.2) is 36.5 Å². The molecule has 33 heavy (non-hydrogen) atoms. The lowest BCUT2D eigenvalue weighted by atomic mass is 9.85. The molecule has 0 aliphatic heterocycles. The lowest BCUT2D eigenvalue weighted by Gasteiger charge is -2.28. The summed E-state index contributed by atoms with van der Waals surface area (Å²) in [6.45, 7) is -0.113. The molecule has 1 aromatic heterocycles. The van der Waals surface area contributed by atoms with E-state index < -0.39 is 11.7 Å². The zero-order valence-corrected chi connectivity index (χ0v) is 18.9. The Hall–Kier alpha value is -2.52. The maximum absolute atomic E-state index is 12.6. The van der Waals surface area contributed by atoms with E-state index in [0.717, 1.165) is 12.3 Å². The molecule has 1 aliphatic rings. The average Bonchev–Trinajstić information content (AvgIpc) is 2.78. The molecule has 178 valence electrons. The highest BCUT2D eigenvalue weighted by Crippen LogP contribution is 2.29. The number of carbonyl (C=O) groups is 2. The highest BCUT2D eigenvalue weighted by molar-refractivity contribution is 6.42. The molecule has 0 unspecified atom stereocenters. The van der Waals surface area contributed by atoms with Gasteiger partial charge in [-0.15, -0.1) is 0 Å². The average molecular weight is 504 g/mol. The third kappa shape index (κ3) is 7.50. The quantitative estimate of drug-likeness (QED) is 0.569. The van der Waals surface area contributed by atoms with Crippen LogP contribution in [0.4, 0.5) is 13.2 Å². The van der Waals surface area contributed by atoms with Crippen LogP contribution in [-0.2, 0) is 22.3 Å². The summed E-state index contributed by atoms with van der Waals surface area (Å²) in [4.78, 5) is 28.3.